The molecular formula is C17H26N2O2. The van der Waals surface area contributed by atoms with Crippen LogP contribution in [0, 0.1) is 5.92 Å². The van der Waals surface area contributed by atoms with Crippen LogP contribution in [0.2, 0.25) is 0 Å². The summed E-state index contributed by atoms with van der Waals surface area (Å²) in [6, 6.07) is 7.76. The van der Waals surface area contributed by atoms with Gasteiger partial charge in [-0.3, -0.25) is 4.79 Å². The predicted molar refractivity (Wildman–Crippen MR) is 84.5 cm³/mol. The predicted octanol–water partition coefficient (Wildman–Crippen LogP) is 2.09. The number of carbonyl (C=O) groups is 1. The SMILES string of the molecule is CNCCC1CCN(C(=O)Cc2ccccc2OC)CC1. The Labute approximate surface area is 127 Å². The maximum atomic E-state index is 12.4. The number of para-hydroxylation sites is 1. The number of amides is 1. The topological polar surface area (TPSA) is 41.6 Å². The van der Waals surface area contributed by atoms with Crippen LogP contribution in [0.1, 0.15) is 24.8 Å². The van der Waals surface area contributed by atoms with Crippen molar-refractivity contribution in [1.29, 1.82) is 0 Å². The molecule has 1 fully saturated rings. The lowest BCUT2D eigenvalue weighted by Crippen LogP contribution is -2.39. The number of likely N-dealkylation sites (tertiary alicyclic amines) is 1. The largest absolute Gasteiger partial charge is 0.496 e. The highest BCUT2D eigenvalue weighted by molar-refractivity contribution is 5.79. The average Bonchev–Trinajstić information content (AvgIpc) is 2.54. The third kappa shape index (κ3) is 4.46. The maximum absolute atomic E-state index is 12.4. The summed E-state index contributed by atoms with van der Waals surface area (Å²) in [5.74, 6) is 1.77. The average molecular weight is 290 g/mol. The van der Waals surface area contributed by atoms with Crippen molar-refractivity contribution in [2.45, 2.75) is 25.7 Å². The maximum Gasteiger partial charge on any atom is 0.227 e. The van der Waals surface area contributed by atoms with Crippen LogP contribution in [0.15, 0.2) is 24.3 Å². The molecule has 0 atom stereocenters. The van der Waals surface area contributed by atoms with Crippen LogP contribution in [-0.2, 0) is 11.2 Å². The van der Waals surface area contributed by atoms with Gasteiger partial charge in [0.25, 0.3) is 0 Å². The molecule has 1 aromatic carbocycles. The first kappa shape index (κ1) is 15.8. The van der Waals surface area contributed by atoms with Crippen molar-refractivity contribution < 1.29 is 9.53 Å². The van der Waals surface area contributed by atoms with E-state index in [4.69, 9.17) is 4.74 Å². The Bertz CT molecular complexity index is 454. The first-order valence-corrected chi connectivity index (χ1v) is 7.79. The van der Waals surface area contributed by atoms with E-state index < -0.39 is 0 Å². The third-order valence-electron chi connectivity index (χ3n) is 4.30. The number of piperidine rings is 1. The number of ether oxygens (including phenoxy) is 1. The molecular weight excluding hydrogens is 264 g/mol. The Morgan fingerprint density at radius 1 is 1.33 bits per heavy atom. The van der Waals surface area contributed by atoms with Gasteiger partial charge in [0, 0.05) is 18.7 Å². The molecule has 1 aliphatic heterocycles. The zero-order valence-electron chi connectivity index (χ0n) is 13.1. The van der Waals surface area contributed by atoms with E-state index in [1.807, 2.05) is 36.2 Å². The smallest absolute Gasteiger partial charge is 0.227 e. The molecule has 1 amide bonds. The van der Waals surface area contributed by atoms with Gasteiger partial charge in [0.1, 0.15) is 5.75 Å². The van der Waals surface area contributed by atoms with Crippen molar-refractivity contribution in [1.82, 2.24) is 10.2 Å². The summed E-state index contributed by atoms with van der Waals surface area (Å²) in [6.07, 6.45) is 3.90. The summed E-state index contributed by atoms with van der Waals surface area (Å²) >= 11 is 0. The van der Waals surface area contributed by atoms with E-state index in [1.165, 1.54) is 6.42 Å². The molecule has 0 saturated carbocycles. The highest BCUT2D eigenvalue weighted by atomic mass is 16.5. The molecule has 21 heavy (non-hydrogen) atoms. The normalized spacial score (nSPS) is 16.0. The van der Waals surface area contributed by atoms with E-state index in [0.717, 1.165) is 49.7 Å². The van der Waals surface area contributed by atoms with Gasteiger partial charge in [0.2, 0.25) is 5.91 Å². The van der Waals surface area contributed by atoms with Crippen LogP contribution in [0.25, 0.3) is 0 Å². The fourth-order valence-electron chi connectivity index (χ4n) is 2.94. The number of rotatable bonds is 6. The van der Waals surface area contributed by atoms with Crippen molar-refractivity contribution in [3.8, 4) is 5.75 Å². The molecule has 1 aromatic rings. The van der Waals surface area contributed by atoms with E-state index in [9.17, 15) is 4.79 Å². The van der Waals surface area contributed by atoms with Crippen LogP contribution in [-0.4, -0.2) is 44.6 Å². The Hall–Kier alpha value is -1.55. The van der Waals surface area contributed by atoms with Gasteiger partial charge < -0.3 is 15.0 Å². The van der Waals surface area contributed by atoms with Crippen LogP contribution >= 0.6 is 0 Å². The second-order valence-corrected chi connectivity index (χ2v) is 5.71. The Kier molecular flexibility index (Phi) is 6.05. The van der Waals surface area contributed by atoms with Gasteiger partial charge in [-0.15, -0.1) is 0 Å². The molecule has 0 radical (unpaired) electrons. The lowest BCUT2D eigenvalue weighted by Gasteiger charge is -2.32. The van der Waals surface area contributed by atoms with Gasteiger partial charge in [-0.1, -0.05) is 18.2 Å². The molecule has 4 nitrogen and oxygen atoms in total. The van der Waals surface area contributed by atoms with E-state index >= 15 is 0 Å². The standard InChI is InChI=1S/C17H26N2O2/c1-18-10-7-14-8-11-19(12-9-14)17(20)13-15-5-3-4-6-16(15)21-2/h3-6,14,18H,7-13H2,1-2H3. The van der Waals surface area contributed by atoms with Crippen molar-refractivity contribution in [3.63, 3.8) is 0 Å². The molecule has 1 aliphatic rings. The Morgan fingerprint density at radius 2 is 2.05 bits per heavy atom. The van der Waals surface area contributed by atoms with Gasteiger partial charge in [0.05, 0.1) is 13.5 Å². The summed E-state index contributed by atoms with van der Waals surface area (Å²) in [6.45, 7) is 2.85. The first-order valence-electron chi connectivity index (χ1n) is 7.79. The summed E-state index contributed by atoms with van der Waals surface area (Å²) in [5, 5.41) is 3.20. The number of carbonyl (C=O) groups excluding carboxylic acids is 1. The molecule has 116 valence electrons. The summed E-state index contributed by atoms with van der Waals surface area (Å²) in [7, 11) is 3.64. The zero-order valence-corrected chi connectivity index (χ0v) is 13.1. The first-order chi connectivity index (χ1) is 10.2. The minimum Gasteiger partial charge on any atom is -0.496 e. The van der Waals surface area contributed by atoms with Crippen LogP contribution in [0.4, 0.5) is 0 Å². The molecule has 0 spiro atoms. The number of nitrogens with one attached hydrogen (secondary N) is 1. The van der Waals surface area contributed by atoms with Crippen molar-refractivity contribution in [2.75, 3.05) is 33.8 Å². The van der Waals surface area contributed by atoms with Gasteiger partial charge >= 0.3 is 0 Å². The van der Waals surface area contributed by atoms with Crippen LogP contribution in [0.3, 0.4) is 0 Å². The minimum absolute atomic E-state index is 0.214. The summed E-state index contributed by atoms with van der Waals surface area (Å²) < 4.78 is 5.32. The lowest BCUT2D eigenvalue weighted by molar-refractivity contribution is -0.131. The number of hydrogen-bond donors (Lipinski definition) is 1. The molecule has 0 bridgehead atoms. The molecule has 1 N–H and O–H groups in total. The van der Waals surface area contributed by atoms with Crippen LogP contribution < -0.4 is 10.1 Å². The van der Waals surface area contributed by atoms with Gasteiger partial charge in [0.15, 0.2) is 0 Å². The fraction of sp³-hybridized carbons (Fsp3) is 0.588. The van der Waals surface area contributed by atoms with Crippen LogP contribution in [0.5, 0.6) is 5.75 Å². The number of nitrogens with zero attached hydrogens (tertiary/aromatic N) is 1. The second kappa shape index (κ2) is 8.03. The van der Waals surface area contributed by atoms with Gasteiger partial charge in [-0.05, 0) is 44.8 Å². The highest BCUT2D eigenvalue weighted by Gasteiger charge is 2.23. The highest BCUT2D eigenvalue weighted by Crippen LogP contribution is 2.22. The van der Waals surface area contributed by atoms with E-state index in [-0.39, 0.29) is 5.91 Å². The third-order valence-corrected chi connectivity index (χ3v) is 4.30. The molecule has 1 heterocycles. The number of methoxy groups -OCH3 is 1. The molecule has 0 aliphatic carbocycles. The lowest BCUT2D eigenvalue weighted by atomic mass is 9.93. The molecule has 4 heteroatoms. The molecule has 2 rings (SSSR count). The second-order valence-electron chi connectivity index (χ2n) is 5.71. The minimum atomic E-state index is 0.214. The molecule has 1 saturated heterocycles. The number of benzene rings is 1. The summed E-state index contributed by atoms with van der Waals surface area (Å²) in [5.41, 5.74) is 0.974. The Balaban J connectivity index is 1.85. The van der Waals surface area contributed by atoms with E-state index in [1.54, 1.807) is 7.11 Å². The van der Waals surface area contributed by atoms with Gasteiger partial charge in [-0.2, -0.15) is 0 Å². The van der Waals surface area contributed by atoms with Crippen molar-refractivity contribution >= 4 is 5.91 Å². The molecule has 0 aromatic heterocycles. The quantitative estimate of drug-likeness (QED) is 0.872. The summed E-state index contributed by atoms with van der Waals surface area (Å²) in [4.78, 5) is 14.4. The Morgan fingerprint density at radius 3 is 2.71 bits per heavy atom. The number of hydrogen-bond acceptors (Lipinski definition) is 3. The molecule has 0 unspecified atom stereocenters. The zero-order chi connectivity index (χ0) is 15.1. The fourth-order valence-corrected chi connectivity index (χ4v) is 2.94. The van der Waals surface area contributed by atoms with E-state index in [0.29, 0.717) is 6.42 Å². The van der Waals surface area contributed by atoms with Gasteiger partial charge in [-0.25, -0.2) is 0 Å². The van der Waals surface area contributed by atoms with E-state index in [2.05, 4.69) is 5.32 Å². The monoisotopic (exact) mass is 290 g/mol. The van der Waals surface area contributed by atoms with Crippen molar-refractivity contribution in [2.24, 2.45) is 5.92 Å². The van der Waals surface area contributed by atoms with Crippen molar-refractivity contribution in [3.05, 3.63) is 29.8 Å².